The van der Waals surface area contributed by atoms with Crippen molar-refractivity contribution in [1.29, 1.82) is 0 Å². The number of fused-ring (bicyclic) bond motifs is 4. The van der Waals surface area contributed by atoms with Crippen LogP contribution in [0.25, 0.3) is 11.1 Å². The van der Waals surface area contributed by atoms with Gasteiger partial charge in [0.15, 0.2) is 0 Å². The van der Waals surface area contributed by atoms with E-state index in [-0.39, 0.29) is 17.5 Å². The van der Waals surface area contributed by atoms with Gasteiger partial charge in [0.05, 0.1) is 12.6 Å². The molecule has 0 saturated carbocycles. The first-order valence-electron chi connectivity index (χ1n) is 12.8. The maximum Gasteiger partial charge on any atom is 0.137 e. The van der Waals surface area contributed by atoms with E-state index in [1.54, 1.807) is 4.90 Å². The molecule has 3 saturated heterocycles. The second kappa shape index (κ2) is 8.92. The maximum absolute atomic E-state index is 12.6. The van der Waals surface area contributed by atoms with Crippen molar-refractivity contribution in [3.05, 3.63) is 53.6 Å². The summed E-state index contributed by atoms with van der Waals surface area (Å²) in [6.07, 6.45) is 2.02. The summed E-state index contributed by atoms with van der Waals surface area (Å²) in [5.74, 6) is 1.83. The van der Waals surface area contributed by atoms with Crippen molar-refractivity contribution in [2.75, 3.05) is 26.2 Å². The molecule has 3 heterocycles. The lowest BCUT2D eigenvalue weighted by Gasteiger charge is -2.53. The van der Waals surface area contributed by atoms with Gasteiger partial charge < -0.3 is 24.4 Å². The molecule has 2 aromatic carbocycles. The molecule has 4 aliphatic rings. The second-order valence-electron chi connectivity index (χ2n) is 11.6. The molecular formula is C29H37N2O3-. The van der Waals surface area contributed by atoms with Gasteiger partial charge in [-0.3, -0.25) is 0 Å². The number of rotatable bonds is 6. The van der Waals surface area contributed by atoms with Crippen LogP contribution in [0.15, 0.2) is 42.5 Å². The summed E-state index contributed by atoms with van der Waals surface area (Å²) >= 11 is 0. The maximum atomic E-state index is 12.6. The number of benzene rings is 2. The molecule has 1 amide bonds. The van der Waals surface area contributed by atoms with Crippen LogP contribution in [0.4, 0.5) is 4.79 Å². The molecule has 2 bridgehead atoms. The van der Waals surface area contributed by atoms with E-state index in [2.05, 4.69) is 62.9 Å². The fraction of sp³-hybridized carbons (Fsp3) is 0.552. The summed E-state index contributed by atoms with van der Waals surface area (Å²) in [7, 11) is 0. The van der Waals surface area contributed by atoms with E-state index >= 15 is 0 Å². The predicted molar refractivity (Wildman–Crippen MR) is 133 cm³/mol. The molecule has 0 radical (unpaired) electrons. The number of ether oxygens (including phenoxy) is 1. The lowest BCUT2D eigenvalue weighted by Crippen LogP contribution is -2.62. The third kappa shape index (κ3) is 4.31. The quantitative estimate of drug-likeness (QED) is 0.623. The first-order chi connectivity index (χ1) is 16.2. The molecule has 2 atom stereocenters. The Hall–Kier alpha value is -2.53. The monoisotopic (exact) mass is 461 g/mol. The van der Waals surface area contributed by atoms with Crippen LogP contribution in [0.1, 0.15) is 57.7 Å². The van der Waals surface area contributed by atoms with Crippen LogP contribution in [0.2, 0.25) is 0 Å². The Labute approximate surface area is 203 Å². The number of amides is 1. The molecule has 3 fully saturated rings. The minimum atomic E-state index is -1.02. The van der Waals surface area contributed by atoms with Crippen LogP contribution in [-0.4, -0.2) is 48.2 Å². The van der Waals surface area contributed by atoms with Gasteiger partial charge in [0.2, 0.25) is 0 Å². The first kappa shape index (κ1) is 23.2. The molecule has 34 heavy (non-hydrogen) atoms. The average Bonchev–Trinajstić information content (AvgIpc) is 3.08. The van der Waals surface area contributed by atoms with Gasteiger partial charge in [0.1, 0.15) is 11.8 Å². The lowest BCUT2D eigenvalue weighted by atomic mass is 9.79. The summed E-state index contributed by atoms with van der Waals surface area (Å²) < 4.78 is 5.83. The summed E-state index contributed by atoms with van der Waals surface area (Å²) in [5.41, 5.74) is 4.52. The highest BCUT2D eigenvalue weighted by Crippen LogP contribution is 2.51. The largest absolute Gasteiger partial charge is 0.530 e. The third-order valence-electron chi connectivity index (χ3n) is 8.06. The summed E-state index contributed by atoms with van der Waals surface area (Å²) in [6.45, 7) is 12.4. The zero-order valence-electron chi connectivity index (χ0n) is 20.9. The molecular weight excluding hydrogens is 424 g/mol. The van der Waals surface area contributed by atoms with Gasteiger partial charge in [0, 0.05) is 12.6 Å². The predicted octanol–water partition coefficient (Wildman–Crippen LogP) is 4.75. The number of carbonyl (C=O) groups excluding carboxylic acids is 1. The van der Waals surface area contributed by atoms with E-state index in [0.717, 1.165) is 61.3 Å². The molecule has 0 aromatic heterocycles. The lowest BCUT2D eigenvalue weighted by molar-refractivity contribution is -0.276. The first-order valence-corrected chi connectivity index (χ1v) is 12.8. The second-order valence-corrected chi connectivity index (χ2v) is 11.6. The van der Waals surface area contributed by atoms with Gasteiger partial charge in [-0.25, -0.2) is 0 Å². The Morgan fingerprint density at radius 2 is 1.79 bits per heavy atom. The smallest absolute Gasteiger partial charge is 0.137 e. The Morgan fingerprint density at radius 1 is 1.12 bits per heavy atom. The minimum Gasteiger partial charge on any atom is -0.530 e. The highest BCUT2D eigenvalue weighted by molar-refractivity contribution is 5.68. The van der Waals surface area contributed by atoms with Gasteiger partial charge in [-0.1, -0.05) is 58.0 Å². The van der Waals surface area contributed by atoms with E-state index in [4.69, 9.17) is 4.74 Å². The molecule has 2 aromatic rings. The van der Waals surface area contributed by atoms with Gasteiger partial charge in [0.25, 0.3) is 0 Å². The van der Waals surface area contributed by atoms with Crippen LogP contribution in [0.3, 0.4) is 0 Å². The van der Waals surface area contributed by atoms with E-state index < -0.39 is 6.09 Å². The van der Waals surface area contributed by atoms with E-state index in [1.807, 2.05) is 12.1 Å². The Bertz CT molecular complexity index is 1040. The number of carbonyl (C=O) groups is 1. The molecule has 6 rings (SSSR count). The molecule has 1 aliphatic carbocycles. The van der Waals surface area contributed by atoms with Crippen molar-refractivity contribution in [3.63, 3.8) is 0 Å². The number of hydrogen-bond donors (Lipinski definition) is 0. The standard InChI is InChI=1S/C29H38N2O3/c1-19(2)18-34-24-8-5-20(6-9-24)22-7-10-25-23(15-22)16-29(3,4)27(25)31(28(32)33)26-17-30-13-11-21(26)12-14-30/h5-10,15,19,21,26-27H,11-14,16-18H2,1-4H3,(H,32,33)/p-1/t26-,27+/m1/s1. The fourth-order valence-electron chi connectivity index (χ4n) is 6.43. The van der Waals surface area contributed by atoms with Crippen LogP contribution < -0.4 is 9.84 Å². The topological polar surface area (TPSA) is 55.8 Å². The summed E-state index contributed by atoms with van der Waals surface area (Å²) in [6, 6.07) is 14.7. The molecule has 5 heteroatoms. The Kier molecular flexibility index (Phi) is 6.09. The number of hydrogen-bond acceptors (Lipinski definition) is 4. The Morgan fingerprint density at radius 3 is 2.38 bits per heavy atom. The van der Waals surface area contributed by atoms with Crippen molar-refractivity contribution < 1.29 is 14.6 Å². The Balaban J connectivity index is 1.43. The molecule has 0 spiro atoms. The van der Waals surface area contributed by atoms with E-state index in [1.165, 1.54) is 5.56 Å². The van der Waals surface area contributed by atoms with E-state index in [9.17, 15) is 9.90 Å². The molecule has 0 N–H and O–H groups in total. The third-order valence-corrected chi connectivity index (χ3v) is 8.06. The van der Waals surface area contributed by atoms with Gasteiger partial charge in [-0.05, 0) is 84.0 Å². The molecule has 182 valence electrons. The zero-order chi connectivity index (χ0) is 24.0. The highest BCUT2D eigenvalue weighted by atomic mass is 16.5. The summed E-state index contributed by atoms with van der Waals surface area (Å²) in [5, 5.41) is 12.6. The number of piperidine rings is 3. The summed E-state index contributed by atoms with van der Waals surface area (Å²) in [4.78, 5) is 16.7. The average molecular weight is 462 g/mol. The van der Waals surface area contributed by atoms with Crippen molar-refractivity contribution in [3.8, 4) is 16.9 Å². The molecule has 5 nitrogen and oxygen atoms in total. The van der Waals surface area contributed by atoms with Crippen LogP contribution in [0.5, 0.6) is 5.75 Å². The van der Waals surface area contributed by atoms with E-state index in [0.29, 0.717) is 18.4 Å². The van der Waals surface area contributed by atoms with Crippen LogP contribution >= 0.6 is 0 Å². The highest BCUT2D eigenvalue weighted by Gasteiger charge is 2.48. The normalized spacial score (nSPS) is 27.0. The zero-order valence-corrected chi connectivity index (χ0v) is 20.9. The van der Waals surface area contributed by atoms with Gasteiger partial charge in [-0.2, -0.15) is 0 Å². The number of nitrogens with zero attached hydrogens (tertiary/aromatic N) is 2. The minimum absolute atomic E-state index is 0.0285. The fourth-order valence-corrected chi connectivity index (χ4v) is 6.43. The van der Waals surface area contributed by atoms with Crippen molar-refractivity contribution in [2.45, 2.75) is 59.0 Å². The van der Waals surface area contributed by atoms with Gasteiger partial charge >= 0.3 is 0 Å². The van der Waals surface area contributed by atoms with Gasteiger partial charge in [-0.15, -0.1) is 0 Å². The van der Waals surface area contributed by atoms with Crippen molar-refractivity contribution >= 4 is 6.09 Å². The number of carboxylic acid groups (broad SMARTS) is 1. The van der Waals surface area contributed by atoms with Crippen molar-refractivity contribution in [2.24, 2.45) is 17.3 Å². The van der Waals surface area contributed by atoms with Crippen LogP contribution in [-0.2, 0) is 6.42 Å². The molecule has 0 unspecified atom stereocenters. The van der Waals surface area contributed by atoms with Crippen molar-refractivity contribution in [1.82, 2.24) is 9.80 Å². The molecule has 3 aliphatic heterocycles. The van der Waals surface area contributed by atoms with Crippen LogP contribution in [0, 0.1) is 17.3 Å². The SMILES string of the molecule is CC(C)COc1ccc(-c2ccc3c(c2)CC(C)(C)[C@H]3N(C(=O)[O-])[C@@H]2CN3CCC2CC3)cc1.